The number of carbonyl (C=O) groups excluding carboxylic acids is 1. The van der Waals surface area contributed by atoms with Gasteiger partial charge in [0, 0.05) is 18.8 Å². The third kappa shape index (κ3) is 5.08. The minimum absolute atomic E-state index is 0.0000706. The van der Waals surface area contributed by atoms with E-state index >= 15 is 0 Å². The molecule has 0 spiro atoms. The van der Waals surface area contributed by atoms with Crippen LogP contribution in [-0.2, 0) is 14.3 Å². The van der Waals surface area contributed by atoms with Crippen molar-refractivity contribution in [3.05, 3.63) is 83.9 Å². The van der Waals surface area contributed by atoms with Gasteiger partial charge in [0.1, 0.15) is 18.6 Å². The number of amides is 1. The van der Waals surface area contributed by atoms with Gasteiger partial charge >= 0.3 is 0 Å². The first-order valence-corrected chi connectivity index (χ1v) is 11.8. The Morgan fingerprint density at radius 1 is 0.971 bits per heavy atom. The van der Waals surface area contributed by atoms with E-state index in [0.717, 1.165) is 17.8 Å². The molecule has 2 aliphatic rings. The average molecular weight is 459 g/mol. The number of rotatable bonds is 6. The quantitative estimate of drug-likeness (QED) is 0.547. The predicted octanol–water partition coefficient (Wildman–Crippen LogP) is 4.44. The second-order valence-electron chi connectivity index (χ2n) is 8.72. The molecule has 6 nitrogen and oxygen atoms in total. The molecule has 176 valence electrons. The summed E-state index contributed by atoms with van der Waals surface area (Å²) in [4.78, 5) is 16.3. The largest absolute Gasteiger partial charge is 0.484 e. The molecule has 2 heterocycles. The molecule has 3 aromatic rings. The van der Waals surface area contributed by atoms with Gasteiger partial charge in [-0.05, 0) is 53.4 Å². The van der Waals surface area contributed by atoms with E-state index in [1.807, 2.05) is 24.3 Å². The van der Waals surface area contributed by atoms with Crippen LogP contribution < -0.4 is 9.64 Å². The standard InChI is InChI=1S/C28H30N2O4/c1-21-4-2-3-5-26(21)22-6-10-24(11-7-22)30-18-27(34-20-30)23-8-12-25(13-9-23)33-19-28(31)29-14-16-32-17-15-29/h2-13,27H,14-20H2,1H3. The van der Waals surface area contributed by atoms with Crippen molar-refractivity contribution < 1.29 is 19.0 Å². The van der Waals surface area contributed by atoms with Crippen molar-refractivity contribution in [3.8, 4) is 16.9 Å². The number of carbonyl (C=O) groups is 1. The van der Waals surface area contributed by atoms with Crippen molar-refractivity contribution in [2.24, 2.45) is 0 Å². The van der Waals surface area contributed by atoms with Crippen LogP contribution >= 0.6 is 0 Å². The third-order valence-electron chi connectivity index (χ3n) is 6.48. The molecular weight excluding hydrogens is 428 g/mol. The average Bonchev–Trinajstić information content (AvgIpc) is 3.39. The number of ether oxygens (including phenoxy) is 3. The fourth-order valence-electron chi connectivity index (χ4n) is 4.44. The van der Waals surface area contributed by atoms with Gasteiger partial charge in [-0.25, -0.2) is 0 Å². The minimum atomic E-state index is -0.00409. The van der Waals surface area contributed by atoms with Crippen LogP contribution in [0.4, 0.5) is 5.69 Å². The summed E-state index contributed by atoms with van der Waals surface area (Å²) in [5.41, 5.74) is 6.02. The van der Waals surface area contributed by atoms with E-state index in [0.29, 0.717) is 38.8 Å². The Morgan fingerprint density at radius 3 is 2.44 bits per heavy atom. The van der Waals surface area contributed by atoms with Gasteiger partial charge in [0.05, 0.1) is 19.8 Å². The van der Waals surface area contributed by atoms with E-state index in [9.17, 15) is 4.79 Å². The highest BCUT2D eigenvalue weighted by Gasteiger charge is 2.25. The lowest BCUT2D eigenvalue weighted by molar-refractivity contribution is -0.137. The molecule has 1 unspecified atom stereocenters. The van der Waals surface area contributed by atoms with Crippen molar-refractivity contribution in [1.82, 2.24) is 4.90 Å². The number of hydrogen-bond acceptors (Lipinski definition) is 5. The molecule has 0 saturated carbocycles. The molecular formula is C28H30N2O4. The maximum absolute atomic E-state index is 12.3. The van der Waals surface area contributed by atoms with Crippen molar-refractivity contribution in [2.75, 3.05) is 51.1 Å². The summed E-state index contributed by atoms with van der Waals surface area (Å²) < 4.78 is 17.1. The fraction of sp³-hybridized carbons (Fsp3) is 0.321. The second kappa shape index (κ2) is 10.3. The molecule has 3 aromatic carbocycles. The fourth-order valence-corrected chi connectivity index (χ4v) is 4.44. The summed E-state index contributed by atoms with van der Waals surface area (Å²) in [5.74, 6) is 0.683. The maximum Gasteiger partial charge on any atom is 0.260 e. The van der Waals surface area contributed by atoms with Gasteiger partial charge in [0.2, 0.25) is 0 Å². The van der Waals surface area contributed by atoms with E-state index in [4.69, 9.17) is 14.2 Å². The number of hydrogen-bond donors (Lipinski definition) is 0. The van der Waals surface area contributed by atoms with Crippen LogP contribution in [0.3, 0.4) is 0 Å². The van der Waals surface area contributed by atoms with Gasteiger partial charge in [-0.2, -0.15) is 0 Å². The zero-order chi connectivity index (χ0) is 23.3. The molecule has 2 fully saturated rings. The lowest BCUT2D eigenvalue weighted by Gasteiger charge is -2.26. The first-order chi connectivity index (χ1) is 16.7. The number of morpholine rings is 1. The molecule has 6 heteroatoms. The Bertz CT molecular complexity index is 1110. The zero-order valence-electron chi connectivity index (χ0n) is 19.5. The van der Waals surface area contributed by atoms with Crippen molar-refractivity contribution in [1.29, 1.82) is 0 Å². The highest BCUT2D eigenvalue weighted by Crippen LogP contribution is 2.31. The lowest BCUT2D eigenvalue weighted by atomic mass is 10.0. The molecule has 5 rings (SSSR count). The second-order valence-corrected chi connectivity index (χ2v) is 8.72. The van der Waals surface area contributed by atoms with E-state index in [-0.39, 0.29) is 18.6 Å². The molecule has 1 amide bonds. The van der Waals surface area contributed by atoms with Crippen LogP contribution in [0.25, 0.3) is 11.1 Å². The Hall–Kier alpha value is -3.35. The summed E-state index contributed by atoms with van der Waals surface area (Å²) in [6.07, 6.45) is 0.0000706. The Morgan fingerprint density at radius 2 is 1.71 bits per heavy atom. The van der Waals surface area contributed by atoms with Crippen molar-refractivity contribution >= 4 is 11.6 Å². The van der Waals surface area contributed by atoms with Gasteiger partial charge in [0.15, 0.2) is 6.61 Å². The van der Waals surface area contributed by atoms with Crippen LogP contribution in [-0.4, -0.2) is 57.0 Å². The van der Waals surface area contributed by atoms with Gasteiger partial charge in [0.25, 0.3) is 5.91 Å². The summed E-state index contributed by atoms with van der Waals surface area (Å²) in [6, 6.07) is 25.0. The summed E-state index contributed by atoms with van der Waals surface area (Å²) in [5, 5.41) is 0. The van der Waals surface area contributed by atoms with Crippen LogP contribution in [0.2, 0.25) is 0 Å². The van der Waals surface area contributed by atoms with Crippen LogP contribution in [0.5, 0.6) is 5.75 Å². The number of aryl methyl sites for hydroxylation is 1. The Kier molecular flexibility index (Phi) is 6.79. The normalized spacial score (nSPS) is 18.2. The highest BCUT2D eigenvalue weighted by molar-refractivity contribution is 5.77. The molecule has 2 saturated heterocycles. The summed E-state index contributed by atoms with van der Waals surface area (Å²) in [7, 11) is 0. The van der Waals surface area contributed by atoms with E-state index in [2.05, 4.69) is 60.4 Å². The Balaban J connectivity index is 1.16. The summed E-state index contributed by atoms with van der Waals surface area (Å²) in [6.45, 7) is 5.98. The van der Waals surface area contributed by atoms with Crippen LogP contribution in [0.15, 0.2) is 72.8 Å². The molecule has 34 heavy (non-hydrogen) atoms. The third-order valence-corrected chi connectivity index (χ3v) is 6.48. The SMILES string of the molecule is Cc1ccccc1-c1ccc(N2COC(c3ccc(OCC(=O)N4CCOCC4)cc3)C2)cc1. The van der Waals surface area contributed by atoms with E-state index in [1.54, 1.807) is 4.90 Å². The predicted molar refractivity (Wildman–Crippen MR) is 132 cm³/mol. The number of benzene rings is 3. The molecule has 0 bridgehead atoms. The van der Waals surface area contributed by atoms with Crippen molar-refractivity contribution in [3.63, 3.8) is 0 Å². The van der Waals surface area contributed by atoms with Crippen molar-refractivity contribution in [2.45, 2.75) is 13.0 Å². The van der Waals surface area contributed by atoms with Gasteiger partial charge in [-0.15, -0.1) is 0 Å². The van der Waals surface area contributed by atoms with Gasteiger partial charge in [-0.1, -0.05) is 48.5 Å². The molecule has 0 N–H and O–H groups in total. The van der Waals surface area contributed by atoms with Gasteiger partial charge in [-0.3, -0.25) is 4.79 Å². The number of anilines is 1. The van der Waals surface area contributed by atoms with Gasteiger partial charge < -0.3 is 24.0 Å². The number of nitrogens with zero attached hydrogens (tertiary/aromatic N) is 2. The topological polar surface area (TPSA) is 51.2 Å². The molecule has 0 aliphatic carbocycles. The molecule has 0 aromatic heterocycles. The first-order valence-electron chi connectivity index (χ1n) is 11.8. The Labute approximate surface area is 200 Å². The minimum Gasteiger partial charge on any atom is -0.484 e. The molecule has 2 aliphatic heterocycles. The first kappa shape index (κ1) is 22.4. The smallest absolute Gasteiger partial charge is 0.260 e. The van der Waals surface area contributed by atoms with E-state index < -0.39 is 0 Å². The summed E-state index contributed by atoms with van der Waals surface area (Å²) >= 11 is 0. The van der Waals surface area contributed by atoms with Crippen LogP contribution in [0.1, 0.15) is 17.2 Å². The lowest BCUT2D eigenvalue weighted by Crippen LogP contribution is -2.42. The zero-order valence-corrected chi connectivity index (χ0v) is 19.5. The van der Waals surface area contributed by atoms with Crippen LogP contribution in [0, 0.1) is 6.92 Å². The highest BCUT2D eigenvalue weighted by atomic mass is 16.5. The maximum atomic E-state index is 12.3. The molecule has 0 radical (unpaired) electrons. The van der Waals surface area contributed by atoms with E-state index in [1.165, 1.54) is 16.7 Å². The monoisotopic (exact) mass is 458 g/mol. The molecule has 1 atom stereocenters.